The van der Waals surface area contributed by atoms with Crippen LogP contribution >= 0.6 is 0 Å². The summed E-state index contributed by atoms with van der Waals surface area (Å²) in [5.41, 5.74) is 6.53. The molecule has 0 radical (unpaired) electrons. The van der Waals surface area contributed by atoms with Crippen LogP contribution in [-0.2, 0) is 4.79 Å². The van der Waals surface area contributed by atoms with Gasteiger partial charge in [-0.2, -0.15) is 0 Å². The Kier molecular flexibility index (Phi) is 5.59. The molecule has 1 atom stereocenters. The monoisotopic (exact) mass is 364 g/mol. The number of nitrogens with two attached hydrogens (primary N) is 1. The van der Waals surface area contributed by atoms with E-state index in [-0.39, 0.29) is 10.9 Å². The molecule has 1 amide bonds. The number of methoxy groups -OCH3 is 1. The van der Waals surface area contributed by atoms with Crippen LogP contribution < -0.4 is 21.0 Å². The van der Waals surface area contributed by atoms with Gasteiger partial charge in [0.15, 0.2) is 0 Å². The van der Waals surface area contributed by atoms with Crippen LogP contribution in [0.15, 0.2) is 36.4 Å². The van der Waals surface area contributed by atoms with Crippen molar-refractivity contribution in [2.45, 2.75) is 25.7 Å². The highest BCUT2D eigenvalue weighted by atomic mass is 28.3. The van der Waals surface area contributed by atoms with E-state index in [9.17, 15) is 13.6 Å². The number of carbonyl (C=O) groups excluding carboxylic acids is 1. The maximum Gasteiger partial charge on any atom is 0.245 e. The van der Waals surface area contributed by atoms with Crippen molar-refractivity contribution >= 4 is 24.9 Å². The van der Waals surface area contributed by atoms with Gasteiger partial charge in [-0.15, -0.1) is 0 Å². The zero-order valence-electron chi connectivity index (χ0n) is 14.7. The summed E-state index contributed by atoms with van der Waals surface area (Å²) in [4.78, 5) is 12.3. The highest BCUT2D eigenvalue weighted by molar-refractivity contribution is 6.88. The van der Waals surface area contributed by atoms with Gasteiger partial charge in [-0.25, -0.2) is 8.78 Å². The van der Waals surface area contributed by atoms with Gasteiger partial charge in [0.05, 0.1) is 15.2 Å². The smallest absolute Gasteiger partial charge is 0.245 e. The topological polar surface area (TPSA) is 64.3 Å². The van der Waals surface area contributed by atoms with Crippen molar-refractivity contribution in [1.82, 2.24) is 0 Å². The third-order valence-corrected chi connectivity index (χ3v) is 5.79. The van der Waals surface area contributed by atoms with Gasteiger partial charge in [0.1, 0.15) is 23.4 Å². The van der Waals surface area contributed by atoms with Gasteiger partial charge in [0.25, 0.3) is 0 Å². The highest BCUT2D eigenvalue weighted by Gasteiger charge is 2.26. The highest BCUT2D eigenvalue weighted by Crippen LogP contribution is 2.20. The maximum atomic E-state index is 14.3. The molecule has 0 saturated carbocycles. The number of halogens is 2. The molecule has 0 unspecified atom stereocenters. The fourth-order valence-corrected chi connectivity index (χ4v) is 4.12. The fraction of sp³-hybridized carbons (Fsp3) is 0.278. The molecule has 7 heteroatoms. The second-order valence-electron chi connectivity index (χ2n) is 6.80. The third-order valence-electron chi connectivity index (χ3n) is 3.82. The van der Waals surface area contributed by atoms with E-state index in [2.05, 4.69) is 5.32 Å². The predicted molar refractivity (Wildman–Crippen MR) is 97.9 cm³/mol. The zero-order valence-corrected chi connectivity index (χ0v) is 15.7. The van der Waals surface area contributed by atoms with Crippen LogP contribution in [0.1, 0.15) is 11.6 Å². The molecule has 25 heavy (non-hydrogen) atoms. The third kappa shape index (κ3) is 4.43. The summed E-state index contributed by atoms with van der Waals surface area (Å²) in [6, 6.07) is 8.00. The first-order chi connectivity index (χ1) is 11.6. The molecule has 0 saturated heterocycles. The van der Waals surface area contributed by atoms with Crippen LogP contribution in [0.4, 0.5) is 14.5 Å². The molecule has 2 rings (SSSR count). The Bertz CT molecular complexity index is 751. The van der Waals surface area contributed by atoms with Gasteiger partial charge in [-0.3, -0.25) is 4.79 Å². The van der Waals surface area contributed by atoms with Crippen molar-refractivity contribution in [3.63, 3.8) is 0 Å². The standard InChI is InChI=1S/C18H22F2N2O2Si/c1-24-13-7-5-11(6-8-13)16(21)18(23)22-12-9-14(19)17(15(20)10-12)25(2,3)4/h5-10,16H,21H2,1-4H3,(H,22,23)/t16-/m0/s1. The summed E-state index contributed by atoms with van der Waals surface area (Å²) in [5.74, 6) is -1.20. The average molecular weight is 364 g/mol. The number of hydrogen-bond acceptors (Lipinski definition) is 3. The molecule has 2 aromatic carbocycles. The molecule has 0 aliphatic carbocycles. The molecule has 4 nitrogen and oxygen atoms in total. The number of benzene rings is 2. The first kappa shape index (κ1) is 19.1. The van der Waals surface area contributed by atoms with Crippen molar-refractivity contribution in [2.75, 3.05) is 12.4 Å². The molecule has 0 aliphatic rings. The Hall–Kier alpha value is -2.25. The molecule has 0 fully saturated rings. The van der Waals surface area contributed by atoms with Gasteiger partial charge in [0, 0.05) is 10.9 Å². The summed E-state index contributed by atoms with van der Waals surface area (Å²) in [6.07, 6.45) is 0. The van der Waals surface area contributed by atoms with E-state index >= 15 is 0 Å². The normalized spacial score (nSPS) is 12.6. The van der Waals surface area contributed by atoms with Crippen LogP contribution in [0.5, 0.6) is 5.75 Å². The molecule has 0 aromatic heterocycles. The van der Waals surface area contributed by atoms with Gasteiger partial charge in [-0.05, 0) is 29.8 Å². The van der Waals surface area contributed by atoms with E-state index in [1.54, 1.807) is 24.3 Å². The summed E-state index contributed by atoms with van der Waals surface area (Å²) < 4.78 is 33.6. The van der Waals surface area contributed by atoms with Crippen molar-refractivity contribution in [3.8, 4) is 5.75 Å². The van der Waals surface area contributed by atoms with E-state index < -0.39 is 31.7 Å². The van der Waals surface area contributed by atoms with E-state index in [1.807, 2.05) is 19.6 Å². The number of ether oxygens (including phenoxy) is 1. The second kappa shape index (κ2) is 7.33. The number of nitrogens with one attached hydrogen (secondary N) is 1. The van der Waals surface area contributed by atoms with Crippen molar-refractivity contribution in [3.05, 3.63) is 53.6 Å². The van der Waals surface area contributed by atoms with Crippen molar-refractivity contribution < 1.29 is 18.3 Å². The van der Waals surface area contributed by atoms with Crippen molar-refractivity contribution in [1.29, 1.82) is 0 Å². The van der Waals surface area contributed by atoms with Gasteiger partial charge < -0.3 is 15.8 Å². The molecule has 3 N–H and O–H groups in total. The van der Waals surface area contributed by atoms with Crippen molar-refractivity contribution in [2.24, 2.45) is 5.73 Å². The number of hydrogen-bond donors (Lipinski definition) is 2. The molecule has 0 aliphatic heterocycles. The summed E-state index contributed by atoms with van der Waals surface area (Å²) >= 11 is 0. The van der Waals surface area contributed by atoms with Crippen LogP contribution in [-0.4, -0.2) is 21.1 Å². The number of carbonyl (C=O) groups is 1. The molecular weight excluding hydrogens is 342 g/mol. The van der Waals surface area contributed by atoms with E-state index in [4.69, 9.17) is 10.5 Å². The minimum Gasteiger partial charge on any atom is -0.497 e. The largest absolute Gasteiger partial charge is 0.497 e. The molecule has 0 bridgehead atoms. The number of rotatable bonds is 5. The average Bonchev–Trinajstić information content (AvgIpc) is 2.52. The zero-order chi connectivity index (χ0) is 18.8. The predicted octanol–water partition coefficient (Wildman–Crippen LogP) is 3.16. The minimum absolute atomic E-state index is 0.0472. The summed E-state index contributed by atoms with van der Waals surface area (Å²) in [5, 5.41) is 2.59. The second-order valence-corrected chi connectivity index (χ2v) is 11.8. The molecule has 2 aromatic rings. The van der Waals surface area contributed by atoms with Crippen LogP contribution in [0, 0.1) is 11.6 Å². The Labute approximate surface area is 147 Å². The van der Waals surface area contributed by atoms with Gasteiger partial charge in [0.2, 0.25) is 5.91 Å². The van der Waals surface area contributed by atoms with Crippen LogP contribution in [0.25, 0.3) is 0 Å². The van der Waals surface area contributed by atoms with Crippen LogP contribution in [0.2, 0.25) is 19.6 Å². The molecule has 134 valence electrons. The lowest BCUT2D eigenvalue weighted by molar-refractivity contribution is -0.117. The summed E-state index contributed by atoms with van der Waals surface area (Å²) in [7, 11) is -0.632. The molecule has 0 spiro atoms. The van der Waals surface area contributed by atoms with E-state index in [1.165, 1.54) is 7.11 Å². The number of amides is 1. The maximum absolute atomic E-state index is 14.3. The van der Waals surface area contributed by atoms with Crippen LogP contribution in [0.3, 0.4) is 0 Å². The Morgan fingerprint density at radius 1 is 1.12 bits per heavy atom. The molecule has 0 heterocycles. The fourth-order valence-electron chi connectivity index (χ4n) is 2.54. The minimum atomic E-state index is -2.17. The quantitative estimate of drug-likeness (QED) is 0.801. The number of anilines is 1. The van der Waals surface area contributed by atoms with E-state index in [0.29, 0.717) is 11.3 Å². The molecular formula is C18H22F2N2O2Si. The van der Waals surface area contributed by atoms with Gasteiger partial charge >= 0.3 is 0 Å². The van der Waals surface area contributed by atoms with Gasteiger partial charge in [-0.1, -0.05) is 31.8 Å². The first-order valence-corrected chi connectivity index (χ1v) is 11.3. The summed E-state index contributed by atoms with van der Waals surface area (Å²) in [6.45, 7) is 5.56. The lowest BCUT2D eigenvalue weighted by Crippen LogP contribution is -2.42. The Balaban J connectivity index is 2.19. The Morgan fingerprint density at radius 3 is 2.08 bits per heavy atom. The first-order valence-electron chi connectivity index (χ1n) is 7.83. The van der Waals surface area contributed by atoms with E-state index in [0.717, 1.165) is 12.1 Å². The Morgan fingerprint density at radius 2 is 1.64 bits per heavy atom. The SMILES string of the molecule is COc1ccc([C@H](N)C(=O)Nc2cc(F)c([Si](C)(C)C)c(F)c2)cc1. The lowest BCUT2D eigenvalue weighted by Gasteiger charge is -2.20. The lowest BCUT2D eigenvalue weighted by atomic mass is 10.1.